The molecule has 0 aromatic heterocycles. The molecule has 4 aliphatic carbocycles. The number of benzene rings is 6. The molecule has 6 aromatic carbocycles. The Morgan fingerprint density at radius 2 is 1.08 bits per heavy atom. The normalized spacial score (nSPS) is 16.9. The molecule has 462 valence electrons. The lowest BCUT2D eigenvalue weighted by atomic mass is 9.34. The second kappa shape index (κ2) is 34.5. The van der Waals surface area contributed by atoms with Crippen LogP contribution in [0.4, 0.5) is 0 Å². The molecule has 0 fully saturated rings. The highest BCUT2D eigenvalue weighted by atomic mass is 14.3. The van der Waals surface area contributed by atoms with Crippen molar-refractivity contribution in [2.24, 2.45) is 11.8 Å². The van der Waals surface area contributed by atoms with Gasteiger partial charge in [0.1, 0.15) is 0 Å². The molecule has 1 heteroatoms. The first-order valence-electron chi connectivity index (χ1n) is 33.1. The number of allylic oxidation sites excluding steroid dienone is 18. The molecular formula is C87H111B. The van der Waals surface area contributed by atoms with Crippen molar-refractivity contribution in [2.75, 3.05) is 0 Å². The van der Waals surface area contributed by atoms with E-state index in [4.69, 9.17) is 0 Å². The zero-order chi connectivity index (χ0) is 64.9. The second-order valence-corrected chi connectivity index (χ2v) is 25.7. The number of hydrogen-bond donors (Lipinski definition) is 0. The molecule has 10 rings (SSSR count). The molecule has 0 saturated heterocycles. The molecule has 0 radical (unpaired) electrons. The second-order valence-electron chi connectivity index (χ2n) is 25.7. The fourth-order valence-electron chi connectivity index (χ4n) is 14.0. The van der Waals surface area contributed by atoms with Gasteiger partial charge in [-0.25, -0.2) is 0 Å². The van der Waals surface area contributed by atoms with Gasteiger partial charge in [-0.3, -0.25) is 0 Å². The Hall–Kier alpha value is -7.22. The highest BCUT2D eigenvalue weighted by molar-refractivity contribution is 6.96. The van der Waals surface area contributed by atoms with Crippen LogP contribution in [0.2, 0.25) is 0 Å². The number of rotatable bonds is 9. The van der Waals surface area contributed by atoms with E-state index < -0.39 is 0 Å². The van der Waals surface area contributed by atoms with E-state index in [-0.39, 0.29) is 6.71 Å². The third kappa shape index (κ3) is 18.9. The van der Waals surface area contributed by atoms with Gasteiger partial charge in [-0.05, 0) is 247 Å². The third-order valence-electron chi connectivity index (χ3n) is 18.5. The first kappa shape index (κ1) is 71.5. The summed E-state index contributed by atoms with van der Waals surface area (Å²) in [4.78, 5) is 0. The van der Waals surface area contributed by atoms with Crippen LogP contribution in [0.3, 0.4) is 0 Å². The number of aryl methyl sites for hydroxylation is 11. The Bertz CT molecular complexity index is 3530. The Kier molecular flexibility index (Phi) is 28.1. The Morgan fingerprint density at radius 3 is 1.58 bits per heavy atom. The molecule has 3 unspecified atom stereocenters. The molecule has 0 aliphatic heterocycles. The van der Waals surface area contributed by atoms with Gasteiger partial charge in [-0.2, -0.15) is 0 Å². The van der Waals surface area contributed by atoms with Crippen molar-refractivity contribution < 1.29 is 0 Å². The van der Waals surface area contributed by atoms with Crippen molar-refractivity contribution in [3.05, 3.63) is 294 Å². The Labute approximate surface area is 538 Å². The topological polar surface area (TPSA) is 0 Å². The first-order valence-corrected chi connectivity index (χ1v) is 33.1. The van der Waals surface area contributed by atoms with Gasteiger partial charge in [0, 0.05) is 5.92 Å². The lowest BCUT2D eigenvalue weighted by Gasteiger charge is -2.31. The lowest BCUT2D eigenvalue weighted by Crippen LogP contribution is -2.56. The molecule has 6 aromatic rings. The predicted molar refractivity (Wildman–Crippen MR) is 398 cm³/mol. The van der Waals surface area contributed by atoms with Crippen LogP contribution in [0.1, 0.15) is 202 Å². The fraction of sp³-hybridized carbons (Fsp3) is 0.356. The van der Waals surface area contributed by atoms with Gasteiger partial charge in [-0.1, -0.05) is 282 Å². The van der Waals surface area contributed by atoms with Gasteiger partial charge in [-0.15, -0.1) is 0 Å². The van der Waals surface area contributed by atoms with Crippen LogP contribution in [-0.4, -0.2) is 6.71 Å². The molecular weight excluding hydrogens is 1060 g/mol. The van der Waals surface area contributed by atoms with Crippen molar-refractivity contribution in [1.29, 1.82) is 0 Å². The van der Waals surface area contributed by atoms with Crippen LogP contribution in [0.25, 0.3) is 16.7 Å². The van der Waals surface area contributed by atoms with E-state index in [1.54, 1.807) is 28.9 Å². The molecule has 4 aliphatic rings. The van der Waals surface area contributed by atoms with E-state index in [2.05, 4.69) is 283 Å². The van der Waals surface area contributed by atoms with E-state index in [9.17, 15) is 0 Å². The minimum absolute atomic E-state index is 0.268. The highest BCUT2D eigenvalue weighted by Crippen LogP contribution is 2.44. The molecule has 0 bridgehead atoms. The summed E-state index contributed by atoms with van der Waals surface area (Å²) in [5.74, 6) is 1.69. The first-order chi connectivity index (χ1) is 42.0. The summed E-state index contributed by atoms with van der Waals surface area (Å²) in [7, 11) is 0. The van der Waals surface area contributed by atoms with E-state index >= 15 is 0 Å². The van der Waals surface area contributed by atoms with Crippen molar-refractivity contribution >= 4 is 39.8 Å². The average molecular weight is 1170 g/mol. The summed E-state index contributed by atoms with van der Waals surface area (Å²) in [6.07, 6.45) is 30.2. The Balaban J connectivity index is 0.000000214. The average Bonchev–Trinajstić information content (AvgIpc) is 0.885. The van der Waals surface area contributed by atoms with E-state index in [1.807, 2.05) is 26.8 Å². The molecule has 0 N–H and O–H groups in total. The minimum Gasteiger partial charge on any atom is -0.0991 e. The summed E-state index contributed by atoms with van der Waals surface area (Å²) in [5, 5.41) is 0. The van der Waals surface area contributed by atoms with Gasteiger partial charge in [0.2, 0.25) is 6.71 Å². The smallest absolute Gasteiger partial charge is 0.0991 e. The van der Waals surface area contributed by atoms with Gasteiger partial charge in [0.05, 0.1) is 0 Å². The molecule has 3 atom stereocenters. The van der Waals surface area contributed by atoms with Crippen LogP contribution < -0.4 is 16.4 Å². The predicted octanol–water partition coefficient (Wildman–Crippen LogP) is 23.4. The minimum atomic E-state index is 0.268. The van der Waals surface area contributed by atoms with Crippen LogP contribution >= 0.6 is 0 Å². The maximum atomic E-state index is 3.56. The van der Waals surface area contributed by atoms with Gasteiger partial charge >= 0.3 is 0 Å². The lowest BCUT2D eigenvalue weighted by molar-refractivity contribution is 0.561. The monoisotopic (exact) mass is 1170 g/mol. The maximum absolute atomic E-state index is 3.56. The van der Waals surface area contributed by atoms with Gasteiger partial charge < -0.3 is 0 Å². The molecule has 0 spiro atoms. The quantitative estimate of drug-likeness (QED) is 0.1000. The zero-order valence-electron chi connectivity index (χ0n) is 58.8. The fourth-order valence-corrected chi connectivity index (χ4v) is 14.0. The third-order valence-corrected chi connectivity index (χ3v) is 18.5. The largest absolute Gasteiger partial charge is 0.242 e. The van der Waals surface area contributed by atoms with Crippen molar-refractivity contribution in [3.8, 4) is 0 Å². The molecule has 0 amide bonds. The molecule has 88 heavy (non-hydrogen) atoms. The standard InChI is InChI=1S/C26H31B.C23H30.C22H24.2C7H10.C2H6/c1-16-9-17(2)15-24(14-16)27(25-20(5)10-18(3)11-21(25)6)26-22(7)12-19(4)13-23(26)8;1-15-10-8-12-21(18(15)4)22-14-13-17(3)23(19(22)5)20-11-7-6-9-16(20)2;1-15-9-5-7-11-19(15)21-14-13-17(3)22(18(21)4)20-12-8-6-10-16(20)2;1-7-5-3-2-4-6-7;1-4-6-7(3)5-2;1-2/h9-15H,1-8H3;6,9,13-15H,7-8,10-12H2,1-5H3;5-14,18,21H,1-4H3;3,5-6H,2,4H2,1H3;4-6H,1-2H2,3H3;1-2H3/b;;;;7-6-;. The van der Waals surface area contributed by atoms with E-state index in [1.165, 1.54) is 173 Å². The van der Waals surface area contributed by atoms with Crippen molar-refractivity contribution in [3.63, 3.8) is 0 Å². The van der Waals surface area contributed by atoms with Crippen molar-refractivity contribution in [2.45, 2.75) is 196 Å². The summed E-state index contributed by atoms with van der Waals surface area (Å²) in [6, 6.07) is 38.6. The SMILES string of the molecule is C=C/C=C(/C)C=C.CC.CC1=C(c2c(C)ccc(C3=C(C)C(C)CCC3)c2C)CCC=C1.CC1=C(c2ccccc2C)C(C)C(c2ccccc2C)C=C1.CC1=CCCC=C1.Cc1cc(C)cc(B(c2c(C)cc(C)cc2C)c2c(C)cc(C)cc2C)c1. The van der Waals surface area contributed by atoms with Crippen LogP contribution in [0.15, 0.2) is 205 Å². The van der Waals surface area contributed by atoms with Crippen LogP contribution in [-0.2, 0) is 0 Å². The van der Waals surface area contributed by atoms with E-state index in [0.717, 1.165) is 11.5 Å². The molecule has 0 nitrogen and oxygen atoms in total. The van der Waals surface area contributed by atoms with E-state index in [0.29, 0.717) is 11.8 Å². The summed E-state index contributed by atoms with van der Waals surface area (Å²) < 4.78 is 0. The van der Waals surface area contributed by atoms with Gasteiger partial charge in [0.15, 0.2) is 0 Å². The molecule has 0 saturated carbocycles. The number of hydrogen-bond acceptors (Lipinski definition) is 0. The maximum Gasteiger partial charge on any atom is 0.242 e. The molecule has 0 heterocycles. The van der Waals surface area contributed by atoms with Crippen LogP contribution in [0, 0.1) is 94.9 Å². The van der Waals surface area contributed by atoms with Gasteiger partial charge in [0.25, 0.3) is 0 Å². The van der Waals surface area contributed by atoms with Crippen molar-refractivity contribution in [1.82, 2.24) is 0 Å². The summed E-state index contributed by atoms with van der Waals surface area (Å²) in [5.41, 5.74) is 38.4. The summed E-state index contributed by atoms with van der Waals surface area (Å²) in [6.45, 7) is 54.0. The van der Waals surface area contributed by atoms with Crippen LogP contribution in [0.5, 0.6) is 0 Å². The zero-order valence-corrected chi connectivity index (χ0v) is 58.8. The summed E-state index contributed by atoms with van der Waals surface area (Å²) >= 11 is 0. The Morgan fingerprint density at radius 1 is 0.523 bits per heavy atom. The highest BCUT2D eigenvalue weighted by Gasteiger charge is 2.30.